The molecule has 5 nitrogen and oxygen atoms in total. The van der Waals surface area contributed by atoms with E-state index in [0.29, 0.717) is 18.7 Å². The van der Waals surface area contributed by atoms with Crippen molar-refractivity contribution in [1.82, 2.24) is 14.5 Å². The molecule has 0 amide bonds. The van der Waals surface area contributed by atoms with Gasteiger partial charge in [0.15, 0.2) is 0 Å². The van der Waals surface area contributed by atoms with E-state index in [1.165, 1.54) is 25.3 Å². The molecule has 1 N–H and O–H groups in total. The van der Waals surface area contributed by atoms with Gasteiger partial charge in [0.05, 0.1) is 4.90 Å². The lowest BCUT2D eigenvalue weighted by Gasteiger charge is -2.36. The Balaban J connectivity index is 0.00000261. The highest BCUT2D eigenvalue weighted by atomic mass is 35.5. The topological polar surface area (TPSA) is 52.7 Å². The molecule has 2 saturated heterocycles. The van der Waals surface area contributed by atoms with Crippen LogP contribution in [0.1, 0.15) is 37.7 Å². The molecule has 154 valence electrons. The monoisotopic (exact) mass is 419 g/mol. The van der Waals surface area contributed by atoms with Gasteiger partial charge in [0.1, 0.15) is 5.82 Å². The molecule has 2 heterocycles. The lowest BCUT2D eigenvalue weighted by Crippen LogP contribution is -2.51. The maximum absolute atomic E-state index is 13.8. The zero-order valence-electron chi connectivity index (χ0n) is 16.0. The summed E-state index contributed by atoms with van der Waals surface area (Å²) < 4.78 is 42.2. The van der Waals surface area contributed by atoms with Crippen molar-refractivity contribution in [2.24, 2.45) is 0 Å². The Morgan fingerprint density at radius 1 is 1.22 bits per heavy atom. The van der Waals surface area contributed by atoms with Crippen molar-refractivity contribution in [3.8, 4) is 0 Å². The molecule has 1 aromatic carbocycles. The van der Waals surface area contributed by atoms with Crippen LogP contribution in [-0.4, -0.2) is 62.9 Å². The van der Waals surface area contributed by atoms with Crippen LogP contribution in [-0.2, 0) is 10.0 Å². The Morgan fingerprint density at radius 2 is 1.96 bits per heavy atom. The molecule has 0 aromatic heterocycles. The van der Waals surface area contributed by atoms with Crippen LogP contribution in [0.25, 0.3) is 0 Å². The highest BCUT2D eigenvalue weighted by Crippen LogP contribution is 2.25. The standard InChI is InChI=1S/C19H30FN3O2S.ClH/c1-16-7-8-17(20)14-19(16)26(24,25)23(18-6-5-9-21-15-18)13-12-22-10-3-2-4-11-22;/h7-8,14,18,21H,2-6,9-13,15H2,1H3;1H. The molecular weight excluding hydrogens is 389 g/mol. The molecule has 1 atom stereocenters. The first kappa shape index (κ1) is 22.6. The van der Waals surface area contributed by atoms with Crippen LogP contribution in [0.2, 0.25) is 0 Å². The highest BCUT2D eigenvalue weighted by Gasteiger charge is 2.33. The molecule has 2 aliphatic heterocycles. The van der Waals surface area contributed by atoms with Crippen molar-refractivity contribution >= 4 is 22.4 Å². The Kier molecular flexibility index (Phi) is 8.49. The van der Waals surface area contributed by atoms with Crippen LogP contribution < -0.4 is 5.32 Å². The number of halogens is 2. The molecule has 0 radical (unpaired) electrons. The number of sulfonamides is 1. The second-order valence-corrected chi connectivity index (χ2v) is 9.29. The van der Waals surface area contributed by atoms with Gasteiger partial charge in [-0.25, -0.2) is 12.8 Å². The molecule has 1 aromatic rings. The Morgan fingerprint density at radius 3 is 2.63 bits per heavy atom. The predicted molar refractivity (Wildman–Crippen MR) is 108 cm³/mol. The average molecular weight is 420 g/mol. The summed E-state index contributed by atoms with van der Waals surface area (Å²) in [5.74, 6) is -0.507. The summed E-state index contributed by atoms with van der Waals surface area (Å²) in [6.45, 7) is 6.59. The molecule has 2 aliphatic rings. The van der Waals surface area contributed by atoms with Crippen LogP contribution in [0.3, 0.4) is 0 Å². The van der Waals surface area contributed by atoms with Crippen molar-refractivity contribution in [3.05, 3.63) is 29.6 Å². The fourth-order valence-corrected chi connectivity index (χ4v) is 5.86. The van der Waals surface area contributed by atoms with Crippen LogP contribution in [0.4, 0.5) is 4.39 Å². The largest absolute Gasteiger partial charge is 0.315 e. The number of nitrogens with zero attached hydrogens (tertiary/aromatic N) is 2. The molecule has 27 heavy (non-hydrogen) atoms. The molecular formula is C19H31ClFN3O2S. The van der Waals surface area contributed by atoms with Crippen molar-refractivity contribution in [2.75, 3.05) is 39.3 Å². The number of rotatable bonds is 6. The normalized spacial score (nSPS) is 21.8. The van der Waals surface area contributed by atoms with E-state index in [4.69, 9.17) is 0 Å². The van der Waals surface area contributed by atoms with Gasteiger partial charge in [-0.05, 0) is 69.9 Å². The molecule has 0 bridgehead atoms. The summed E-state index contributed by atoms with van der Waals surface area (Å²) in [4.78, 5) is 2.45. The summed E-state index contributed by atoms with van der Waals surface area (Å²) in [5, 5.41) is 3.31. The van der Waals surface area contributed by atoms with Crippen molar-refractivity contribution < 1.29 is 12.8 Å². The average Bonchev–Trinajstić information content (AvgIpc) is 2.65. The molecule has 3 rings (SSSR count). The number of aryl methyl sites for hydroxylation is 1. The first-order valence-electron chi connectivity index (χ1n) is 9.69. The third-order valence-electron chi connectivity index (χ3n) is 5.50. The SMILES string of the molecule is Cc1ccc(F)cc1S(=O)(=O)N(CCN1CCCCC1)C1CCCNC1.Cl. The van der Waals surface area contributed by atoms with Gasteiger partial charge in [-0.15, -0.1) is 12.4 Å². The Bertz CT molecular complexity index is 705. The fraction of sp³-hybridized carbons (Fsp3) is 0.684. The first-order chi connectivity index (χ1) is 12.5. The van der Waals surface area contributed by atoms with Crippen LogP contribution in [0.15, 0.2) is 23.1 Å². The van der Waals surface area contributed by atoms with E-state index >= 15 is 0 Å². The number of hydrogen-bond acceptors (Lipinski definition) is 4. The quantitative estimate of drug-likeness (QED) is 0.770. The van der Waals surface area contributed by atoms with Crippen molar-refractivity contribution in [2.45, 2.75) is 50.0 Å². The molecule has 0 aliphatic carbocycles. The van der Waals surface area contributed by atoms with Gasteiger partial charge in [-0.1, -0.05) is 12.5 Å². The molecule has 0 saturated carbocycles. The van der Waals surface area contributed by atoms with Crippen LogP contribution in [0, 0.1) is 12.7 Å². The summed E-state index contributed by atoms with van der Waals surface area (Å²) in [6, 6.07) is 3.95. The lowest BCUT2D eigenvalue weighted by molar-refractivity contribution is 0.189. The smallest absolute Gasteiger partial charge is 0.243 e. The predicted octanol–water partition coefficient (Wildman–Crippen LogP) is 2.78. The number of piperidine rings is 2. The van der Waals surface area contributed by atoms with E-state index in [1.54, 1.807) is 17.3 Å². The Labute approximate surface area is 168 Å². The highest BCUT2D eigenvalue weighted by molar-refractivity contribution is 7.89. The second kappa shape index (κ2) is 10.2. The van der Waals surface area contributed by atoms with Gasteiger partial charge >= 0.3 is 0 Å². The third-order valence-corrected chi connectivity index (χ3v) is 7.59. The molecule has 2 fully saturated rings. The molecule has 8 heteroatoms. The van der Waals surface area contributed by atoms with Gasteiger partial charge in [-0.2, -0.15) is 4.31 Å². The van der Waals surface area contributed by atoms with Gasteiger partial charge in [-0.3, -0.25) is 0 Å². The minimum atomic E-state index is -3.73. The van der Waals surface area contributed by atoms with Gasteiger partial charge in [0, 0.05) is 25.7 Å². The fourth-order valence-electron chi connectivity index (χ4n) is 3.98. The van der Waals surface area contributed by atoms with E-state index in [1.807, 2.05) is 0 Å². The Hall–Kier alpha value is -0.730. The first-order valence-corrected chi connectivity index (χ1v) is 11.1. The van der Waals surface area contributed by atoms with Crippen molar-refractivity contribution in [3.63, 3.8) is 0 Å². The number of nitrogens with one attached hydrogen (secondary N) is 1. The van der Waals surface area contributed by atoms with E-state index < -0.39 is 15.8 Å². The summed E-state index contributed by atoms with van der Waals surface area (Å²) in [5.41, 5.74) is 0.596. The molecule has 1 unspecified atom stereocenters. The van der Waals surface area contributed by atoms with Gasteiger partial charge < -0.3 is 10.2 Å². The summed E-state index contributed by atoms with van der Waals surface area (Å²) >= 11 is 0. The van der Waals surface area contributed by atoms with E-state index in [2.05, 4.69) is 10.2 Å². The van der Waals surface area contributed by atoms with Crippen LogP contribution >= 0.6 is 12.4 Å². The minimum absolute atomic E-state index is 0. The number of benzene rings is 1. The van der Waals surface area contributed by atoms with E-state index in [-0.39, 0.29) is 23.3 Å². The third kappa shape index (κ3) is 5.64. The van der Waals surface area contributed by atoms with E-state index in [0.717, 1.165) is 45.1 Å². The van der Waals surface area contributed by atoms with Gasteiger partial charge in [0.25, 0.3) is 0 Å². The molecule has 0 spiro atoms. The zero-order valence-corrected chi connectivity index (χ0v) is 17.6. The summed E-state index contributed by atoms with van der Waals surface area (Å²) in [6.07, 6.45) is 5.43. The maximum Gasteiger partial charge on any atom is 0.243 e. The number of likely N-dealkylation sites (tertiary alicyclic amines) is 1. The van der Waals surface area contributed by atoms with Crippen LogP contribution in [0.5, 0.6) is 0 Å². The minimum Gasteiger partial charge on any atom is -0.315 e. The lowest BCUT2D eigenvalue weighted by atomic mass is 10.1. The van der Waals surface area contributed by atoms with Crippen molar-refractivity contribution in [1.29, 1.82) is 0 Å². The van der Waals surface area contributed by atoms with E-state index in [9.17, 15) is 12.8 Å². The van der Waals surface area contributed by atoms with Gasteiger partial charge in [0.2, 0.25) is 10.0 Å². The maximum atomic E-state index is 13.8. The second-order valence-electron chi connectivity index (χ2n) is 7.43. The number of hydrogen-bond donors (Lipinski definition) is 1. The summed E-state index contributed by atoms with van der Waals surface area (Å²) in [7, 11) is -3.73. The zero-order chi connectivity index (χ0) is 18.6.